The Balaban J connectivity index is 0. The van der Waals surface area contributed by atoms with Crippen LogP contribution in [0, 0.1) is 64.1 Å². The molecular formula is C50H93Br2N3O5. The Hall–Kier alpha value is -1.68. The largest absolute Gasteiger partial charge is 0.468 e. The van der Waals surface area contributed by atoms with Gasteiger partial charge in [-0.15, -0.1) is 13.2 Å². The Morgan fingerprint density at radius 3 is 1.38 bits per heavy atom. The molecule has 3 aliphatic rings. The highest BCUT2D eigenvalue weighted by Gasteiger charge is 2.42. The van der Waals surface area contributed by atoms with Crippen molar-refractivity contribution in [1.29, 1.82) is 0 Å². The summed E-state index contributed by atoms with van der Waals surface area (Å²) < 4.78 is 3.47. The van der Waals surface area contributed by atoms with E-state index in [1.54, 1.807) is 6.92 Å². The van der Waals surface area contributed by atoms with Gasteiger partial charge in [-0.3, -0.25) is 19.2 Å². The molecule has 10 atom stereocenters. The average Bonchev–Trinajstić information content (AvgIpc) is 3.89. The molecule has 3 fully saturated rings. The van der Waals surface area contributed by atoms with E-state index in [1.165, 1.54) is 58.5 Å². The third-order valence-corrected chi connectivity index (χ3v) is 14.3. The van der Waals surface area contributed by atoms with Crippen molar-refractivity contribution in [2.75, 3.05) is 26.7 Å². The van der Waals surface area contributed by atoms with Crippen LogP contribution in [0.15, 0.2) is 25.3 Å². The molecule has 3 saturated carbocycles. The number of nitrogens with one attached hydrogen (secondary N) is 3. The molecular weight excluding hydrogens is 882 g/mol. The Labute approximate surface area is 386 Å². The Morgan fingerprint density at radius 2 is 1.02 bits per heavy atom. The van der Waals surface area contributed by atoms with Crippen LogP contribution in [0.2, 0.25) is 0 Å². The highest BCUT2D eigenvalue weighted by molar-refractivity contribution is 9.10. The number of rotatable bonds is 17. The van der Waals surface area contributed by atoms with Crippen molar-refractivity contribution < 1.29 is 23.9 Å². The number of hydrogen-bond acceptors (Lipinski definition) is 5. The van der Waals surface area contributed by atoms with Crippen molar-refractivity contribution in [3.05, 3.63) is 25.3 Å². The second-order valence-corrected chi connectivity index (χ2v) is 23.8. The Kier molecular flexibility index (Phi) is 27.7. The predicted molar refractivity (Wildman–Crippen MR) is 263 cm³/mol. The van der Waals surface area contributed by atoms with Gasteiger partial charge in [-0.25, -0.2) is 0 Å². The van der Waals surface area contributed by atoms with E-state index in [-0.39, 0.29) is 44.0 Å². The molecule has 0 heterocycles. The lowest BCUT2D eigenvalue weighted by molar-refractivity contribution is -0.144. The molecule has 0 saturated heterocycles. The van der Waals surface area contributed by atoms with Crippen molar-refractivity contribution in [1.82, 2.24) is 16.0 Å². The first-order chi connectivity index (χ1) is 26.8. The van der Waals surface area contributed by atoms with E-state index in [1.807, 2.05) is 60.6 Å². The summed E-state index contributed by atoms with van der Waals surface area (Å²) in [6.07, 6.45) is 16.8. The van der Waals surface area contributed by atoms with E-state index in [0.29, 0.717) is 36.0 Å². The molecule has 0 aromatic rings. The minimum atomic E-state index is -0.852. The molecule has 352 valence electrons. The molecule has 0 aromatic heterocycles. The standard InChI is InChI=1S/C19H34BrNO3.C15H29NO.C14H22BrNO.2CH4/c1-7-13-9-14(8-2)15(10-13)11-21-16(22)18(3,4)12-19(5,20)17(23)24-6;1-6-11-8-12(7-2)13(9-11)10-16-14(17)15(3,4)5;1-5-10-7-11(6-2)12(8-10)9-16-13(17)14(3,4)15;;/h13-15H,7-12H2,1-6H3,(H,21,22);11-13H,6-10H2,1-5H3,(H,16,17);5-6,10-12H,1-2,7-9H2,3-4H3,(H,16,17);2*1H4. The second-order valence-electron chi connectivity index (χ2n) is 20.1. The molecule has 3 rings (SSSR count). The van der Waals surface area contributed by atoms with Crippen LogP contribution in [0.3, 0.4) is 0 Å². The zero-order valence-electron chi connectivity index (χ0n) is 39.0. The van der Waals surface area contributed by atoms with Gasteiger partial charge in [0.05, 0.1) is 11.4 Å². The molecule has 10 heteroatoms. The van der Waals surface area contributed by atoms with Crippen LogP contribution in [-0.4, -0.2) is 59.1 Å². The van der Waals surface area contributed by atoms with Crippen LogP contribution in [0.4, 0.5) is 0 Å². The number of esters is 1. The van der Waals surface area contributed by atoms with E-state index >= 15 is 0 Å². The molecule has 8 nitrogen and oxygen atoms in total. The minimum Gasteiger partial charge on any atom is -0.468 e. The van der Waals surface area contributed by atoms with Gasteiger partial charge in [0.15, 0.2) is 0 Å². The number of ether oxygens (including phenoxy) is 1. The fraction of sp³-hybridized carbons (Fsp3) is 0.840. The van der Waals surface area contributed by atoms with E-state index in [4.69, 9.17) is 4.74 Å². The molecule has 3 aliphatic carbocycles. The molecule has 3 amide bonds. The van der Waals surface area contributed by atoms with Crippen LogP contribution in [0.1, 0.15) is 169 Å². The number of carbonyl (C=O) groups is 4. The van der Waals surface area contributed by atoms with Gasteiger partial charge in [0.1, 0.15) is 4.32 Å². The number of methoxy groups -OCH3 is 1. The topological polar surface area (TPSA) is 114 Å². The van der Waals surface area contributed by atoms with Crippen LogP contribution in [0.25, 0.3) is 0 Å². The average molecular weight is 976 g/mol. The number of alkyl halides is 2. The van der Waals surface area contributed by atoms with Crippen molar-refractivity contribution >= 4 is 55.6 Å². The van der Waals surface area contributed by atoms with Gasteiger partial charge < -0.3 is 20.7 Å². The summed E-state index contributed by atoms with van der Waals surface area (Å²) in [6.45, 7) is 34.3. The first-order valence-electron chi connectivity index (χ1n) is 22.4. The summed E-state index contributed by atoms with van der Waals surface area (Å²) in [6, 6.07) is 0. The zero-order valence-corrected chi connectivity index (χ0v) is 42.1. The number of allylic oxidation sites excluding steroid dienone is 2. The molecule has 10 unspecified atom stereocenters. The number of carbonyl (C=O) groups excluding carboxylic acids is 4. The van der Waals surface area contributed by atoms with Gasteiger partial charge in [-0.05, 0) is 119 Å². The van der Waals surface area contributed by atoms with Gasteiger partial charge >= 0.3 is 5.97 Å². The lowest BCUT2D eigenvalue weighted by Gasteiger charge is -2.31. The molecule has 0 radical (unpaired) electrons. The van der Waals surface area contributed by atoms with E-state index in [0.717, 1.165) is 56.1 Å². The minimum absolute atomic E-state index is 0. The van der Waals surface area contributed by atoms with E-state index in [9.17, 15) is 19.2 Å². The maximum absolute atomic E-state index is 12.7. The smallest absolute Gasteiger partial charge is 0.322 e. The summed E-state index contributed by atoms with van der Waals surface area (Å²) in [5, 5.41) is 9.28. The lowest BCUT2D eigenvalue weighted by atomic mass is 9.82. The van der Waals surface area contributed by atoms with Crippen LogP contribution < -0.4 is 16.0 Å². The summed E-state index contributed by atoms with van der Waals surface area (Å²) in [5.74, 6) is 5.95. The Morgan fingerprint density at radius 1 is 0.600 bits per heavy atom. The molecule has 0 aromatic carbocycles. The molecule has 60 heavy (non-hydrogen) atoms. The summed E-state index contributed by atoms with van der Waals surface area (Å²) in [7, 11) is 1.37. The molecule has 3 N–H and O–H groups in total. The SMILES string of the molecule is C.C.C=CC1CC(C=C)C(CNC(=O)C(C)(C)Br)C1.CCC1CC(CC)C(CNC(=O)C(C)(C)C)C1.CCC1CC(CC)C(CNC(=O)C(C)(C)CC(C)(Br)C(=O)OC)C1. The molecule has 0 bridgehead atoms. The highest BCUT2D eigenvalue weighted by Crippen LogP contribution is 2.41. The molecule has 0 spiro atoms. The first-order valence-corrected chi connectivity index (χ1v) is 24.0. The fourth-order valence-corrected chi connectivity index (χ4v) is 10.3. The summed E-state index contributed by atoms with van der Waals surface area (Å²) in [5.41, 5.74) is -0.901. The lowest BCUT2D eigenvalue weighted by Crippen LogP contribution is -2.45. The van der Waals surface area contributed by atoms with Gasteiger partial charge in [0, 0.05) is 30.5 Å². The van der Waals surface area contributed by atoms with Crippen LogP contribution in [0.5, 0.6) is 0 Å². The molecule has 0 aliphatic heterocycles. The summed E-state index contributed by atoms with van der Waals surface area (Å²) >= 11 is 6.78. The number of halogens is 2. The van der Waals surface area contributed by atoms with Gasteiger partial charge in [0.25, 0.3) is 0 Å². The number of hydrogen-bond donors (Lipinski definition) is 3. The first kappa shape index (κ1) is 60.4. The predicted octanol–water partition coefficient (Wildman–Crippen LogP) is 12.5. The van der Waals surface area contributed by atoms with Crippen molar-refractivity contribution in [3.8, 4) is 0 Å². The summed E-state index contributed by atoms with van der Waals surface area (Å²) in [4.78, 5) is 48.1. The third-order valence-electron chi connectivity index (χ3n) is 13.3. The number of amides is 3. The van der Waals surface area contributed by atoms with Gasteiger partial charge in [-0.1, -0.05) is 147 Å². The van der Waals surface area contributed by atoms with E-state index in [2.05, 4.69) is 88.7 Å². The quantitative estimate of drug-likeness (QED) is 0.0763. The highest BCUT2D eigenvalue weighted by atomic mass is 79.9. The third kappa shape index (κ3) is 19.8. The van der Waals surface area contributed by atoms with E-state index < -0.39 is 14.1 Å². The Bertz CT molecular complexity index is 1320. The van der Waals surface area contributed by atoms with Crippen molar-refractivity contribution in [3.63, 3.8) is 0 Å². The fourth-order valence-electron chi connectivity index (χ4n) is 9.34. The van der Waals surface area contributed by atoms with Gasteiger partial charge in [-0.2, -0.15) is 0 Å². The van der Waals surface area contributed by atoms with Crippen molar-refractivity contribution in [2.45, 2.75) is 177 Å². The zero-order chi connectivity index (χ0) is 44.6. The van der Waals surface area contributed by atoms with Crippen LogP contribution >= 0.6 is 31.9 Å². The normalized spacial score (nSPS) is 27.1. The second kappa shape index (κ2) is 27.5. The van der Waals surface area contributed by atoms with Gasteiger partial charge in [0.2, 0.25) is 17.7 Å². The maximum Gasteiger partial charge on any atom is 0.322 e. The van der Waals surface area contributed by atoms with Crippen LogP contribution in [-0.2, 0) is 23.9 Å². The van der Waals surface area contributed by atoms with Crippen molar-refractivity contribution in [2.24, 2.45) is 64.1 Å². The maximum atomic E-state index is 12.7. The monoisotopic (exact) mass is 974 g/mol.